The molecule has 0 aliphatic rings. The summed E-state index contributed by atoms with van der Waals surface area (Å²) >= 11 is 6.12. The minimum Gasteiger partial charge on any atom is -0.370 e. The molecule has 1 heterocycles. The molecule has 0 saturated heterocycles. The summed E-state index contributed by atoms with van der Waals surface area (Å²) in [6, 6.07) is 9.47. The summed E-state index contributed by atoms with van der Waals surface area (Å²) in [7, 11) is 0. The van der Waals surface area contributed by atoms with Gasteiger partial charge in [-0.2, -0.15) is 4.98 Å². The first-order valence-electron chi connectivity index (χ1n) is 6.65. The first-order chi connectivity index (χ1) is 9.54. The van der Waals surface area contributed by atoms with Crippen molar-refractivity contribution >= 4 is 29.1 Å². The van der Waals surface area contributed by atoms with E-state index in [1.54, 1.807) is 0 Å². The van der Waals surface area contributed by atoms with Gasteiger partial charge in [-0.1, -0.05) is 37.6 Å². The minimum absolute atomic E-state index is 0.546. The summed E-state index contributed by atoms with van der Waals surface area (Å²) < 4.78 is 0. The van der Waals surface area contributed by atoms with E-state index in [0.29, 0.717) is 16.9 Å². The van der Waals surface area contributed by atoms with E-state index >= 15 is 0 Å². The van der Waals surface area contributed by atoms with Crippen molar-refractivity contribution in [3.8, 4) is 0 Å². The zero-order valence-electron chi connectivity index (χ0n) is 11.9. The van der Waals surface area contributed by atoms with E-state index in [-0.39, 0.29) is 0 Å². The number of nitrogens with one attached hydrogen (secondary N) is 2. The zero-order valence-corrected chi connectivity index (χ0v) is 12.7. The molecule has 2 aromatic rings. The molecule has 2 N–H and O–H groups in total. The largest absolute Gasteiger partial charge is 0.370 e. The monoisotopic (exact) mass is 290 g/mol. The molecule has 1 aromatic carbocycles. The number of hydrogen-bond acceptors (Lipinski definition) is 4. The molecular formula is C15H19ClN4. The lowest BCUT2D eigenvalue weighted by atomic mass is 10.2. The third-order valence-electron chi connectivity index (χ3n) is 2.67. The van der Waals surface area contributed by atoms with Gasteiger partial charge in [0.2, 0.25) is 5.95 Å². The Bertz CT molecular complexity index is 584. The van der Waals surface area contributed by atoms with Crippen molar-refractivity contribution < 1.29 is 0 Å². The molecule has 0 saturated carbocycles. The Morgan fingerprint density at radius 3 is 2.65 bits per heavy atom. The van der Waals surface area contributed by atoms with Crippen molar-refractivity contribution in [1.29, 1.82) is 0 Å². The normalized spacial score (nSPS) is 10.7. The third kappa shape index (κ3) is 4.10. The summed E-state index contributed by atoms with van der Waals surface area (Å²) in [6.45, 7) is 7.13. The van der Waals surface area contributed by atoms with Crippen LogP contribution in [0.1, 0.15) is 19.5 Å². The van der Waals surface area contributed by atoms with Crippen LogP contribution in [0.4, 0.5) is 17.5 Å². The van der Waals surface area contributed by atoms with Gasteiger partial charge in [0.25, 0.3) is 0 Å². The lowest BCUT2D eigenvalue weighted by Gasteiger charge is -2.11. The molecule has 20 heavy (non-hydrogen) atoms. The van der Waals surface area contributed by atoms with Crippen LogP contribution in [0.15, 0.2) is 30.3 Å². The summed E-state index contributed by atoms with van der Waals surface area (Å²) in [4.78, 5) is 8.83. The standard InChI is InChI=1S/C15H19ClN4/c1-10(2)9-17-14-8-11(3)18-15(20-14)19-13-7-5-4-6-12(13)16/h4-8,10H,9H2,1-3H3,(H2,17,18,19,20). The molecule has 0 radical (unpaired) electrons. The van der Waals surface area contributed by atoms with E-state index in [2.05, 4.69) is 34.4 Å². The van der Waals surface area contributed by atoms with Crippen LogP contribution in [0.2, 0.25) is 5.02 Å². The molecule has 1 aromatic heterocycles. The van der Waals surface area contributed by atoms with Crippen molar-refractivity contribution in [2.75, 3.05) is 17.2 Å². The number of hydrogen-bond donors (Lipinski definition) is 2. The summed E-state index contributed by atoms with van der Waals surface area (Å²) in [5, 5.41) is 7.10. The van der Waals surface area contributed by atoms with Crippen LogP contribution in [0.25, 0.3) is 0 Å². The first kappa shape index (κ1) is 14.6. The summed E-state index contributed by atoms with van der Waals surface area (Å²) in [6.07, 6.45) is 0. The summed E-state index contributed by atoms with van der Waals surface area (Å²) in [5.74, 6) is 1.93. The van der Waals surface area contributed by atoms with Crippen LogP contribution >= 0.6 is 11.6 Å². The fraction of sp³-hybridized carbons (Fsp3) is 0.333. The molecule has 0 unspecified atom stereocenters. The van der Waals surface area contributed by atoms with Crippen molar-refractivity contribution in [3.63, 3.8) is 0 Å². The number of anilines is 3. The van der Waals surface area contributed by atoms with Crippen molar-refractivity contribution in [3.05, 3.63) is 41.0 Å². The zero-order chi connectivity index (χ0) is 14.5. The molecule has 0 amide bonds. The lowest BCUT2D eigenvalue weighted by molar-refractivity contribution is 0.687. The van der Waals surface area contributed by atoms with Gasteiger partial charge in [-0.05, 0) is 25.0 Å². The molecule has 2 rings (SSSR count). The molecule has 0 fully saturated rings. The number of halogens is 1. The number of rotatable bonds is 5. The van der Waals surface area contributed by atoms with E-state index < -0.39 is 0 Å². The number of benzene rings is 1. The van der Waals surface area contributed by atoms with Gasteiger partial charge in [0.05, 0.1) is 10.7 Å². The van der Waals surface area contributed by atoms with Crippen molar-refractivity contribution in [1.82, 2.24) is 9.97 Å². The van der Waals surface area contributed by atoms with E-state index in [0.717, 1.165) is 23.7 Å². The molecule has 5 heteroatoms. The van der Waals surface area contributed by atoms with E-state index in [4.69, 9.17) is 11.6 Å². The van der Waals surface area contributed by atoms with Gasteiger partial charge >= 0.3 is 0 Å². The van der Waals surface area contributed by atoms with Crippen LogP contribution in [-0.2, 0) is 0 Å². The van der Waals surface area contributed by atoms with Crippen molar-refractivity contribution in [2.45, 2.75) is 20.8 Å². The van der Waals surface area contributed by atoms with Crippen LogP contribution in [0, 0.1) is 12.8 Å². The Morgan fingerprint density at radius 2 is 1.95 bits per heavy atom. The van der Waals surface area contributed by atoms with E-state index in [9.17, 15) is 0 Å². The molecule has 0 atom stereocenters. The smallest absolute Gasteiger partial charge is 0.229 e. The van der Waals surface area contributed by atoms with E-state index in [1.165, 1.54) is 0 Å². The molecule has 0 spiro atoms. The molecular weight excluding hydrogens is 272 g/mol. The number of para-hydroxylation sites is 1. The second-order valence-electron chi connectivity index (χ2n) is 5.10. The first-order valence-corrected chi connectivity index (χ1v) is 7.03. The lowest BCUT2D eigenvalue weighted by Crippen LogP contribution is -2.10. The van der Waals surface area contributed by atoms with Gasteiger partial charge < -0.3 is 10.6 Å². The molecule has 0 aliphatic carbocycles. The third-order valence-corrected chi connectivity index (χ3v) is 3.00. The number of nitrogens with zero attached hydrogens (tertiary/aromatic N) is 2. The Kier molecular flexibility index (Phi) is 4.79. The average Bonchev–Trinajstić information content (AvgIpc) is 2.38. The van der Waals surface area contributed by atoms with Gasteiger partial charge in [0.15, 0.2) is 0 Å². The fourth-order valence-electron chi connectivity index (χ4n) is 1.71. The predicted molar refractivity (Wildman–Crippen MR) is 84.8 cm³/mol. The van der Waals surface area contributed by atoms with Gasteiger partial charge in [-0.3, -0.25) is 0 Å². The average molecular weight is 291 g/mol. The highest BCUT2D eigenvalue weighted by atomic mass is 35.5. The molecule has 106 valence electrons. The summed E-state index contributed by atoms with van der Waals surface area (Å²) in [5.41, 5.74) is 1.70. The topological polar surface area (TPSA) is 49.8 Å². The second kappa shape index (κ2) is 6.57. The van der Waals surface area contributed by atoms with Gasteiger partial charge in [-0.15, -0.1) is 0 Å². The van der Waals surface area contributed by atoms with Gasteiger partial charge in [0.1, 0.15) is 5.82 Å². The van der Waals surface area contributed by atoms with Crippen LogP contribution in [0.3, 0.4) is 0 Å². The Balaban J connectivity index is 2.17. The highest BCUT2D eigenvalue weighted by molar-refractivity contribution is 6.33. The Hall–Kier alpha value is -1.81. The van der Waals surface area contributed by atoms with Gasteiger partial charge in [0, 0.05) is 18.3 Å². The van der Waals surface area contributed by atoms with E-state index in [1.807, 2.05) is 37.3 Å². The predicted octanol–water partition coefficient (Wildman–Crippen LogP) is 4.25. The molecule has 0 bridgehead atoms. The van der Waals surface area contributed by atoms with Crippen molar-refractivity contribution in [2.24, 2.45) is 5.92 Å². The number of aromatic nitrogens is 2. The Labute approximate surface area is 124 Å². The van der Waals surface area contributed by atoms with Crippen LogP contribution < -0.4 is 10.6 Å². The van der Waals surface area contributed by atoms with Crippen LogP contribution in [0.5, 0.6) is 0 Å². The maximum Gasteiger partial charge on any atom is 0.229 e. The fourth-order valence-corrected chi connectivity index (χ4v) is 1.89. The highest BCUT2D eigenvalue weighted by Crippen LogP contribution is 2.23. The molecule has 0 aliphatic heterocycles. The SMILES string of the molecule is Cc1cc(NCC(C)C)nc(Nc2ccccc2Cl)n1. The second-order valence-corrected chi connectivity index (χ2v) is 5.50. The highest BCUT2D eigenvalue weighted by Gasteiger charge is 2.05. The minimum atomic E-state index is 0.546. The quantitative estimate of drug-likeness (QED) is 0.864. The van der Waals surface area contributed by atoms with Gasteiger partial charge in [-0.25, -0.2) is 4.98 Å². The van der Waals surface area contributed by atoms with Crippen LogP contribution in [-0.4, -0.2) is 16.5 Å². The Morgan fingerprint density at radius 1 is 1.20 bits per heavy atom. The maximum atomic E-state index is 6.12. The maximum absolute atomic E-state index is 6.12. The molecule has 4 nitrogen and oxygen atoms in total. The number of aryl methyl sites for hydroxylation is 1.